The highest BCUT2D eigenvalue weighted by Crippen LogP contribution is 2.30. The van der Waals surface area contributed by atoms with E-state index in [0.29, 0.717) is 17.9 Å². The average molecular weight is 212 g/mol. The smallest absolute Gasteiger partial charge is 0.236 e. The molecule has 88 valence electrons. The molecule has 0 radical (unpaired) electrons. The van der Waals surface area contributed by atoms with Crippen molar-refractivity contribution in [3.63, 3.8) is 0 Å². The maximum atomic E-state index is 11.5. The second-order valence-electron chi connectivity index (χ2n) is 5.10. The number of hydrogen-bond acceptors (Lipinski definition) is 2. The summed E-state index contributed by atoms with van der Waals surface area (Å²) in [7, 11) is 0. The van der Waals surface area contributed by atoms with Crippen molar-refractivity contribution in [3.8, 4) is 0 Å². The average Bonchev–Trinajstić information content (AvgIpc) is 2.18. The summed E-state index contributed by atoms with van der Waals surface area (Å²) >= 11 is 0. The molecule has 0 aromatic heterocycles. The lowest BCUT2D eigenvalue weighted by atomic mass is 9.78. The minimum atomic E-state index is -0.389. The summed E-state index contributed by atoms with van der Waals surface area (Å²) in [5.74, 6) is 1.26. The van der Waals surface area contributed by atoms with Gasteiger partial charge in [0.05, 0.1) is 6.04 Å². The predicted octanol–water partition coefficient (Wildman–Crippen LogP) is 1.66. The maximum absolute atomic E-state index is 11.5. The first-order valence-corrected chi connectivity index (χ1v) is 6.08. The molecule has 0 heterocycles. The van der Waals surface area contributed by atoms with Crippen molar-refractivity contribution in [1.29, 1.82) is 0 Å². The fourth-order valence-corrected chi connectivity index (χ4v) is 2.45. The molecule has 0 aromatic rings. The maximum Gasteiger partial charge on any atom is 0.236 e. The molecule has 1 aliphatic carbocycles. The van der Waals surface area contributed by atoms with Crippen molar-refractivity contribution < 1.29 is 4.79 Å². The number of nitrogens with one attached hydrogen (secondary N) is 1. The predicted molar refractivity (Wildman–Crippen MR) is 62.4 cm³/mol. The van der Waals surface area contributed by atoms with Crippen LogP contribution < -0.4 is 11.1 Å². The summed E-state index contributed by atoms with van der Waals surface area (Å²) in [5.41, 5.74) is 5.56. The zero-order valence-electron chi connectivity index (χ0n) is 10.1. The molecular formula is C12H24N2O. The lowest BCUT2D eigenvalue weighted by molar-refractivity contribution is -0.123. The molecule has 0 spiro atoms. The van der Waals surface area contributed by atoms with Gasteiger partial charge >= 0.3 is 0 Å². The number of amides is 1. The van der Waals surface area contributed by atoms with Gasteiger partial charge in [0.25, 0.3) is 0 Å². The quantitative estimate of drug-likeness (QED) is 0.747. The van der Waals surface area contributed by atoms with Crippen molar-refractivity contribution in [2.75, 3.05) is 0 Å². The van der Waals surface area contributed by atoms with E-state index in [1.165, 1.54) is 19.3 Å². The molecule has 3 heteroatoms. The van der Waals surface area contributed by atoms with Crippen LogP contribution in [0.3, 0.4) is 0 Å². The minimum absolute atomic E-state index is 0.00690. The molecule has 2 unspecified atom stereocenters. The highest BCUT2D eigenvalue weighted by Gasteiger charge is 2.28. The number of carbonyl (C=O) groups excluding carboxylic acids is 1. The number of hydrogen-bond donors (Lipinski definition) is 2. The summed E-state index contributed by atoms with van der Waals surface area (Å²) in [6.07, 6.45) is 4.88. The fourth-order valence-electron chi connectivity index (χ4n) is 2.45. The van der Waals surface area contributed by atoms with Crippen LogP contribution in [-0.2, 0) is 4.79 Å². The van der Waals surface area contributed by atoms with Crippen LogP contribution in [0.25, 0.3) is 0 Å². The zero-order chi connectivity index (χ0) is 11.4. The van der Waals surface area contributed by atoms with Crippen molar-refractivity contribution in [3.05, 3.63) is 0 Å². The van der Waals surface area contributed by atoms with Gasteiger partial charge in [0.1, 0.15) is 0 Å². The van der Waals surface area contributed by atoms with Crippen molar-refractivity contribution >= 4 is 5.91 Å². The van der Waals surface area contributed by atoms with Crippen LogP contribution in [0.15, 0.2) is 0 Å². The third kappa shape index (κ3) is 3.49. The molecule has 15 heavy (non-hydrogen) atoms. The zero-order valence-corrected chi connectivity index (χ0v) is 10.1. The van der Waals surface area contributed by atoms with Crippen molar-refractivity contribution in [2.24, 2.45) is 17.6 Å². The summed E-state index contributed by atoms with van der Waals surface area (Å²) in [6.45, 7) is 6.21. The summed E-state index contributed by atoms with van der Waals surface area (Å²) in [6, 6.07) is -0.0445. The Morgan fingerprint density at radius 3 is 2.40 bits per heavy atom. The Hall–Kier alpha value is -0.570. The van der Waals surface area contributed by atoms with Crippen LogP contribution in [-0.4, -0.2) is 18.0 Å². The number of carbonyl (C=O) groups is 1. The Kier molecular flexibility index (Phi) is 4.58. The summed E-state index contributed by atoms with van der Waals surface area (Å²) in [5, 5.41) is 3.09. The molecule has 1 fully saturated rings. The summed E-state index contributed by atoms with van der Waals surface area (Å²) in [4.78, 5) is 11.5. The van der Waals surface area contributed by atoms with E-state index in [9.17, 15) is 4.79 Å². The normalized spacial score (nSPS) is 28.9. The van der Waals surface area contributed by atoms with Gasteiger partial charge in [-0.15, -0.1) is 0 Å². The van der Waals surface area contributed by atoms with Gasteiger partial charge in [0, 0.05) is 6.04 Å². The lowest BCUT2D eigenvalue weighted by Crippen LogP contribution is -2.49. The number of nitrogens with two attached hydrogens (primary N) is 1. The SMILES string of the molecule is CC(C)C1CCCCC1NC(=O)[C@@H](C)N. The van der Waals surface area contributed by atoms with Gasteiger partial charge < -0.3 is 11.1 Å². The second kappa shape index (κ2) is 5.50. The van der Waals surface area contributed by atoms with E-state index in [4.69, 9.17) is 5.73 Å². The molecule has 0 aliphatic heterocycles. The van der Waals surface area contributed by atoms with Crippen LogP contribution in [0.1, 0.15) is 46.5 Å². The van der Waals surface area contributed by atoms with E-state index < -0.39 is 0 Å². The third-order valence-corrected chi connectivity index (χ3v) is 3.42. The first-order chi connectivity index (χ1) is 7.02. The monoisotopic (exact) mass is 212 g/mol. The second-order valence-corrected chi connectivity index (χ2v) is 5.10. The molecule has 0 aromatic carbocycles. The van der Waals surface area contributed by atoms with E-state index >= 15 is 0 Å². The van der Waals surface area contributed by atoms with Gasteiger partial charge in [-0.2, -0.15) is 0 Å². The largest absolute Gasteiger partial charge is 0.352 e. The van der Waals surface area contributed by atoms with Gasteiger partial charge in [-0.1, -0.05) is 26.7 Å². The van der Waals surface area contributed by atoms with E-state index in [1.807, 2.05) is 0 Å². The van der Waals surface area contributed by atoms with Gasteiger partial charge in [0.2, 0.25) is 5.91 Å². The highest BCUT2D eigenvalue weighted by molar-refractivity contribution is 5.81. The van der Waals surface area contributed by atoms with E-state index in [1.54, 1.807) is 6.92 Å². The minimum Gasteiger partial charge on any atom is -0.352 e. The Labute approximate surface area is 92.8 Å². The van der Waals surface area contributed by atoms with Crippen molar-refractivity contribution in [2.45, 2.75) is 58.5 Å². The van der Waals surface area contributed by atoms with Gasteiger partial charge in [-0.05, 0) is 31.6 Å². The Morgan fingerprint density at radius 1 is 1.27 bits per heavy atom. The van der Waals surface area contributed by atoms with Crippen LogP contribution in [0, 0.1) is 11.8 Å². The molecule has 3 nitrogen and oxygen atoms in total. The standard InChI is InChI=1S/C12H24N2O/c1-8(2)10-6-4-5-7-11(10)14-12(15)9(3)13/h8-11H,4-7,13H2,1-3H3,(H,14,15)/t9-,10?,11?/m1/s1. The van der Waals surface area contributed by atoms with E-state index in [0.717, 1.165) is 6.42 Å². The Morgan fingerprint density at radius 2 is 1.87 bits per heavy atom. The first-order valence-electron chi connectivity index (χ1n) is 6.08. The number of rotatable bonds is 3. The Bertz CT molecular complexity index is 214. The van der Waals surface area contributed by atoms with Gasteiger partial charge in [-0.25, -0.2) is 0 Å². The Balaban J connectivity index is 2.53. The van der Waals surface area contributed by atoms with E-state index in [2.05, 4.69) is 19.2 Å². The molecule has 3 N–H and O–H groups in total. The van der Waals surface area contributed by atoms with Gasteiger partial charge in [-0.3, -0.25) is 4.79 Å². The third-order valence-electron chi connectivity index (χ3n) is 3.42. The van der Waals surface area contributed by atoms with Crippen LogP contribution in [0.4, 0.5) is 0 Å². The molecule has 3 atom stereocenters. The van der Waals surface area contributed by atoms with Crippen molar-refractivity contribution in [1.82, 2.24) is 5.32 Å². The first kappa shape index (κ1) is 12.5. The van der Waals surface area contributed by atoms with Crippen LogP contribution >= 0.6 is 0 Å². The van der Waals surface area contributed by atoms with Crippen LogP contribution in [0.5, 0.6) is 0 Å². The molecule has 0 bridgehead atoms. The lowest BCUT2D eigenvalue weighted by Gasteiger charge is -2.35. The summed E-state index contributed by atoms with van der Waals surface area (Å²) < 4.78 is 0. The molecule has 1 rings (SSSR count). The van der Waals surface area contributed by atoms with E-state index in [-0.39, 0.29) is 11.9 Å². The molecule has 1 saturated carbocycles. The van der Waals surface area contributed by atoms with Gasteiger partial charge in [0.15, 0.2) is 0 Å². The fraction of sp³-hybridized carbons (Fsp3) is 0.917. The molecule has 1 aliphatic rings. The highest BCUT2D eigenvalue weighted by atomic mass is 16.2. The van der Waals surface area contributed by atoms with Crippen LogP contribution in [0.2, 0.25) is 0 Å². The topological polar surface area (TPSA) is 55.1 Å². The molecule has 1 amide bonds. The molecular weight excluding hydrogens is 188 g/mol. The molecule has 0 saturated heterocycles.